The normalized spacial score (nSPS) is 11.1. The van der Waals surface area contributed by atoms with E-state index in [0.29, 0.717) is 0 Å². The van der Waals surface area contributed by atoms with Crippen LogP contribution in [0.25, 0.3) is 0 Å². The second kappa shape index (κ2) is 7.30. The summed E-state index contributed by atoms with van der Waals surface area (Å²) in [5, 5.41) is 10.4. The molecule has 0 aliphatic carbocycles. The van der Waals surface area contributed by atoms with Crippen molar-refractivity contribution in [3.05, 3.63) is 47.2 Å². The average Bonchev–Trinajstić information content (AvgIpc) is 2.45. The second-order valence-electron chi connectivity index (χ2n) is 4.01. The van der Waals surface area contributed by atoms with E-state index in [4.69, 9.17) is 4.84 Å². The van der Waals surface area contributed by atoms with Gasteiger partial charge in [0.2, 0.25) is 5.76 Å². The summed E-state index contributed by atoms with van der Waals surface area (Å²) in [7, 11) is 2.44. The Hall–Kier alpha value is -2.34. The van der Waals surface area contributed by atoms with Crippen LogP contribution in [0.4, 0.5) is 0 Å². The molecule has 1 aromatic rings. The Morgan fingerprint density at radius 2 is 1.95 bits per heavy atom. The van der Waals surface area contributed by atoms with Crippen LogP contribution in [0.1, 0.15) is 11.1 Å². The summed E-state index contributed by atoms with van der Waals surface area (Å²) in [6.07, 6.45) is 0.758. The number of aliphatic hydroxyl groups is 1. The minimum atomic E-state index is -0.981. The largest absolute Gasteiger partial charge is 0.502 e. The molecule has 0 radical (unpaired) electrons. The number of hydroxylamine groups is 2. The third-order valence-electron chi connectivity index (χ3n) is 2.70. The first-order valence-electron chi connectivity index (χ1n) is 5.88. The monoisotopic (exact) mass is 279 g/mol. The summed E-state index contributed by atoms with van der Waals surface area (Å²) >= 11 is 0. The number of carbonyl (C=O) groups is 2. The van der Waals surface area contributed by atoms with Crippen LogP contribution in [-0.4, -0.2) is 36.3 Å². The Bertz CT molecular complexity index is 524. The summed E-state index contributed by atoms with van der Waals surface area (Å²) in [6.45, 7) is 2.11. The molecule has 1 aromatic carbocycles. The van der Waals surface area contributed by atoms with E-state index in [2.05, 4.69) is 4.74 Å². The number of nitrogens with zero attached hydrogens (tertiary/aromatic N) is 1. The molecule has 0 atom stereocenters. The van der Waals surface area contributed by atoms with Gasteiger partial charge in [0.1, 0.15) is 0 Å². The molecule has 0 heterocycles. The van der Waals surface area contributed by atoms with Crippen LogP contribution in [0.15, 0.2) is 36.1 Å². The Morgan fingerprint density at radius 1 is 1.30 bits per heavy atom. The van der Waals surface area contributed by atoms with E-state index < -0.39 is 17.6 Å². The maximum Gasteiger partial charge on any atom is 0.373 e. The first kappa shape index (κ1) is 15.7. The predicted molar refractivity (Wildman–Crippen MR) is 71.5 cm³/mol. The van der Waals surface area contributed by atoms with Crippen molar-refractivity contribution < 1.29 is 24.3 Å². The van der Waals surface area contributed by atoms with Gasteiger partial charge in [0.15, 0.2) is 0 Å². The van der Waals surface area contributed by atoms with Gasteiger partial charge in [-0.2, -0.15) is 0 Å². The molecule has 0 saturated carbocycles. The molecule has 0 aliphatic rings. The zero-order valence-electron chi connectivity index (χ0n) is 11.6. The average molecular weight is 279 g/mol. The van der Waals surface area contributed by atoms with Gasteiger partial charge in [0.05, 0.1) is 26.8 Å². The molecule has 6 nitrogen and oxygen atoms in total. The molecule has 0 aliphatic heterocycles. The summed E-state index contributed by atoms with van der Waals surface area (Å²) < 4.78 is 4.29. The molecule has 108 valence electrons. The molecule has 1 N–H and O–H groups in total. The van der Waals surface area contributed by atoms with Crippen LogP contribution in [0, 0.1) is 6.92 Å². The third kappa shape index (κ3) is 4.10. The van der Waals surface area contributed by atoms with Crippen LogP contribution in [0.2, 0.25) is 0 Å². The number of hydrogen-bond acceptors (Lipinski definition) is 5. The molecule has 0 bridgehead atoms. The number of aryl methyl sites for hydroxylation is 1. The number of esters is 1. The second-order valence-corrected chi connectivity index (χ2v) is 4.01. The topological polar surface area (TPSA) is 76.1 Å². The van der Waals surface area contributed by atoms with Gasteiger partial charge in [-0.1, -0.05) is 24.3 Å². The Balaban J connectivity index is 2.84. The smallest absolute Gasteiger partial charge is 0.373 e. The molecule has 0 saturated heterocycles. The fourth-order valence-electron chi connectivity index (χ4n) is 1.53. The van der Waals surface area contributed by atoms with E-state index in [-0.39, 0.29) is 6.54 Å². The van der Waals surface area contributed by atoms with Crippen LogP contribution in [-0.2, 0) is 25.7 Å². The molecule has 0 unspecified atom stereocenters. The van der Waals surface area contributed by atoms with Crippen LogP contribution in [0.5, 0.6) is 0 Å². The van der Waals surface area contributed by atoms with Crippen molar-refractivity contribution in [1.82, 2.24) is 5.06 Å². The zero-order chi connectivity index (χ0) is 15.1. The van der Waals surface area contributed by atoms with Crippen LogP contribution < -0.4 is 0 Å². The highest BCUT2D eigenvalue weighted by atomic mass is 16.7. The number of carbonyl (C=O) groups excluding carboxylic acids is 2. The van der Waals surface area contributed by atoms with Gasteiger partial charge >= 0.3 is 5.97 Å². The Labute approximate surface area is 117 Å². The van der Waals surface area contributed by atoms with Gasteiger partial charge < -0.3 is 9.84 Å². The minimum Gasteiger partial charge on any atom is -0.502 e. The lowest BCUT2D eigenvalue weighted by Crippen LogP contribution is -2.29. The lowest BCUT2D eigenvalue weighted by Gasteiger charge is -2.19. The van der Waals surface area contributed by atoms with E-state index in [1.54, 1.807) is 0 Å². The van der Waals surface area contributed by atoms with Gasteiger partial charge in [0.25, 0.3) is 5.91 Å². The Kier molecular flexibility index (Phi) is 5.74. The summed E-state index contributed by atoms with van der Waals surface area (Å²) in [4.78, 5) is 27.9. The number of rotatable bonds is 5. The van der Waals surface area contributed by atoms with Gasteiger partial charge in [0, 0.05) is 0 Å². The fraction of sp³-hybridized carbons (Fsp3) is 0.286. The maximum absolute atomic E-state index is 11.9. The SMILES string of the molecule is COC(=O)C(O)=CC(=O)N(Cc1ccccc1C)OC. The number of methoxy groups -OCH3 is 1. The van der Waals surface area contributed by atoms with E-state index in [1.165, 1.54) is 7.11 Å². The molecule has 6 heteroatoms. The van der Waals surface area contributed by atoms with E-state index in [0.717, 1.165) is 29.4 Å². The molecule has 0 spiro atoms. The number of benzene rings is 1. The fourth-order valence-corrected chi connectivity index (χ4v) is 1.53. The van der Waals surface area contributed by atoms with Gasteiger partial charge in [-0.25, -0.2) is 9.86 Å². The van der Waals surface area contributed by atoms with E-state index >= 15 is 0 Å². The lowest BCUT2D eigenvalue weighted by molar-refractivity contribution is -0.173. The molecule has 1 rings (SSSR count). The van der Waals surface area contributed by atoms with Crippen molar-refractivity contribution in [2.75, 3.05) is 14.2 Å². The van der Waals surface area contributed by atoms with Crippen LogP contribution >= 0.6 is 0 Å². The molecular formula is C14H17NO5. The number of hydrogen-bond donors (Lipinski definition) is 1. The summed E-state index contributed by atoms with van der Waals surface area (Å²) in [5.74, 6) is -2.41. The van der Waals surface area contributed by atoms with Gasteiger partial charge in [-0.3, -0.25) is 9.63 Å². The van der Waals surface area contributed by atoms with Crippen molar-refractivity contribution in [3.63, 3.8) is 0 Å². The first-order valence-corrected chi connectivity index (χ1v) is 5.88. The van der Waals surface area contributed by atoms with Gasteiger partial charge in [-0.05, 0) is 18.1 Å². The van der Waals surface area contributed by atoms with Gasteiger partial charge in [-0.15, -0.1) is 0 Å². The van der Waals surface area contributed by atoms with E-state index in [1.807, 2.05) is 31.2 Å². The van der Waals surface area contributed by atoms with Crippen molar-refractivity contribution in [1.29, 1.82) is 0 Å². The number of aliphatic hydroxyl groups excluding tert-OH is 1. The molecular weight excluding hydrogens is 262 g/mol. The first-order chi connectivity index (χ1) is 9.49. The highest BCUT2D eigenvalue weighted by Gasteiger charge is 2.16. The Morgan fingerprint density at radius 3 is 2.50 bits per heavy atom. The van der Waals surface area contributed by atoms with Crippen molar-refractivity contribution >= 4 is 11.9 Å². The zero-order valence-corrected chi connectivity index (χ0v) is 11.6. The lowest BCUT2D eigenvalue weighted by atomic mass is 10.1. The highest BCUT2D eigenvalue weighted by Crippen LogP contribution is 2.11. The minimum absolute atomic E-state index is 0.201. The summed E-state index contributed by atoms with van der Waals surface area (Å²) in [5.41, 5.74) is 1.90. The highest BCUT2D eigenvalue weighted by molar-refractivity contribution is 5.96. The molecule has 1 amide bonds. The molecule has 0 fully saturated rings. The standard InChI is InChI=1S/C14H17NO5/c1-10-6-4-5-7-11(10)9-15(20-3)13(17)8-12(16)14(18)19-2/h4-8,16H,9H2,1-3H3. The maximum atomic E-state index is 11.9. The summed E-state index contributed by atoms with van der Waals surface area (Å²) in [6, 6.07) is 7.51. The van der Waals surface area contributed by atoms with Crippen LogP contribution in [0.3, 0.4) is 0 Å². The number of ether oxygens (including phenoxy) is 1. The van der Waals surface area contributed by atoms with Crippen molar-refractivity contribution in [3.8, 4) is 0 Å². The molecule has 0 aromatic heterocycles. The van der Waals surface area contributed by atoms with Crippen molar-refractivity contribution in [2.24, 2.45) is 0 Å². The quantitative estimate of drug-likeness (QED) is 0.382. The molecule has 20 heavy (non-hydrogen) atoms. The van der Waals surface area contributed by atoms with E-state index in [9.17, 15) is 14.7 Å². The van der Waals surface area contributed by atoms with Crippen molar-refractivity contribution in [2.45, 2.75) is 13.5 Å². The number of amides is 1. The third-order valence-corrected chi connectivity index (χ3v) is 2.70. The predicted octanol–water partition coefficient (Wildman–Crippen LogP) is 1.50.